The molecule has 104 valence electrons. The van der Waals surface area contributed by atoms with E-state index in [0.717, 1.165) is 19.6 Å². The van der Waals surface area contributed by atoms with E-state index in [1.54, 1.807) is 0 Å². The molecule has 20 heavy (non-hydrogen) atoms. The van der Waals surface area contributed by atoms with Gasteiger partial charge in [-0.3, -0.25) is 0 Å². The Hall–Kier alpha value is -1.61. The topological polar surface area (TPSA) is 27.1 Å². The van der Waals surface area contributed by atoms with Crippen molar-refractivity contribution in [2.75, 3.05) is 13.2 Å². The number of fused-ring (bicyclic) bond motifs is 1. The molecule has 1 saturated heterocycles. The number of nitrogens with zero attached hydrogens (tertiary/aromatic N) is 2. The first kappa shape index (κ1) is 12.2. The molecule has 1 aliphatic heterocycles. The number of rotatable bonds is 2. The third-order valence-electron chi connectivity index (χ3n) is 4.59. The molecule has 0 spiro atoms. The predicted octanol–water partition coefficient (Wildman–Crippen LogP) is 3.26. The van der Waals surface area contributed by atoms with Gasteiger partial charge in [0.25, 0.3) is 0 Å². The standard InChI is InChI=1S/C17H20N2O/c1-2-6-15-13(4-1)5-3-7-16(15)19-10-9-18-17(19)14-8-11-20-12-14/h3,5,7,9-10,14H,1-2,4,6,8,11-12H2/t14-/m1/s1. The van der Waals surface area contributed by atoms with Crippen LogP contribution in [0.2, 0.25) is 0 Å². The SMILES string of the molecule is c1cc2c(c(-n3ccnc3[C@@H]3CCOC3)c1)CCCC2. The minimum absolute atomic E-state index is 0.449. The molecule has 4 rings (SSSR count). The third-order valence-corrected chi connectivity index (χ3v) is 4.59. The second-order valence-corrected chi connectivity index (χ2v) is 5.84. The summed E-state index contributed by atoms with van der Waals surface area (Å²) in [5.74, 6) is 1.62. The molecule has 2 aliphatic rings. The van der Waals surface area contributed by atoms with Crippen molar-refractivity contribution < 1.29 is 4.74 Å². The Morgan fingerprint density at radius 2 is 2.15 bits per heavy atom. The van der Waals surface area contributed by atoms with Crippen molar-refractivity contribution in [1.82, 2.24) is 9.55 Å². The van der Waals surface area contributed by atoms with Gasteiger partial charge in [0, 0.05) is 24.9 Å². The van der Waals surface area contributed by atoms with Crippen LogP contribution >= 0.6 is 0 Å². The number of hydrogen-bond donors (Lipinski definition) is 0. The van der Waals surface area contributed by atoms with Crippen LogP contribution in [-0.4, -0.2) is 22.8 Å². The summed E-state index contributed by atoms with van der Waals surface area (Å²) in [5.41, 5.74) is 4.38. The molecule has 0 radical (unpaired) electrons. The largest absolute Gasteiger partial charge is 0.381 e. The Bertz CT molecular complexity index is 611. The molecule has 1 fully saturated rings. The van der Waals surface area contributed by atoms with E-state index in [9.17, 15) is 0 Å². The molecule has 3 nitrogen and oxygen atoms in total. The van der Waals surface area contributed by atoms with Crippen LogP contribution in [0.5, 0.6) is 0 Å². The lowest BCUT2D eigenvalue weighted by Gasteiger charge is -2.21. The maximum absolute atomic E-state index is 5.53. The summed E-state index contributed by atoms with van der Waals surface area (Å²) in [6.07, 6.45) is 10.2. The molecule has 3 heteroatoms. The summed E-state index contributed by atoms with van der Waals surface area (Å²) in [7, 11) is 0. The maximum atomic E-state index is 5.53. The number of benzene rings is 1. The summed E-state index contributed by atoms with van der Waals surface area (Å²) in [4.78, 5) is 4.61. The van der Waals surface area contributed by atoms with Crippen molar-refractivity contribution in [2.45, 2.75) is 38.0 Å². The molecule has 1 aliphatic carbocycles. The Kier molecular flexibility index (Phi) is 3.07. The Morgan fingerprint density at radius 3 is 3.05 bits per heavy atom. The number of aromatic nitrogens is 2. The highest BCUT2D eigenvalue weighted by Gasteiger charge is 2.24. The van der Waals surface area contributed by atoms with Crippen LogP contribution < -0.4 is 0 Å². The van der Waals surface area contributed by atoms with Crippen molar-refractivity contribution in [3.05, 3.63) is 47.5 Å². The van der Waals surface area contributed by atoms with E-state index in [4.69, 9.17) is 4.74 Å². The zero-order valence-corrected chi connectivity index (χ0v) is 11.7. The van der Waals surface area contributed by atoms with Crippen LogP contribution in [0.25, 0.3) is 5.69 Å². The van der Waals surface area contributed by atoms with Crippen LogP contribution in [-0.2, 0) is 17.6 Å². The molecule has 0 amide bonds. The van der Waals surface area contributed by atoms with Gasteiger partial charge in [-0.05, 0) is 49.3 Å². The van der Waals surface area contributed by atoms with Gasteiger partial charge in [0.2, 0.25) is 0 Å². The van der Waals surface area contributed by atoms with Gasteiger partial charge in [0.15, 0.2) is 0 Å². The molecule has 0 unspecified atom stereocenters. The molecule has 2 aromatic rings. The summed E-state index contributed by atoms with van der Waals surface area (Å²) in [5, 5.41) is 0. The molecule has 2 heterocycles. The normalized spacial score (nSPS) is 21.9. The second-order valence-electron chi connectivity index (χ2n) is 5.84. The van der Waals surface area contributed by atoms with E-state index in [1.807, 2.05) is 6.20 Å². The number of imidazole rings is 1. The second kappa shape index (κ2) is 5.06. The van der Waals surface area contributed by atoms with Gasteiger partial charge >= 0.3 is 0 Å². The lowest BCUT2D eigenvalue weighted by Crippen LogP contribution is -2.12. The molecule has 0 saturated carbocycles. The minimum Gasteiger partial charge on any atom is -0.381 e. The maximum Gasteiger partial charge on any atom is 0.118 e. The molecule has 1 aromatic heterocycles. The van der Waals surface area contributed by atoms with E-state index >= 15 is 0 Å². The average Bonchev–Trinajstić information content (AvgIpc) is 3.17. The molecular weight excluding hydrogens is 248 g/mol. The van der Waals surface area contributed by atoms with Crippen molar-refractivity contribution in [2.24, 2.45) is 0 Å². The lowest BCUT2D eigenvalue weighted by molar-refractivity contribution is 0.193. The fourth-order valence-corrected chi connectivity index (χ4v) is 3.55. The van der Waals surface area contributed by atoms with Crippen LogP contribution in [0.15, 0.2) is 30.6 Å². The summed E-state index contributed by atoms with van der Waals surface area (Å²) >= 11 is 0. The summed E-state index contributed by atoms with van der Waals surface area (Å²) in [6, 6.07) is 6.72. The van der Waals surface area contributed by atoms with Gasteiger partial charge in [-0.1, -0.05) is 12.1 Å². The average molecular weight is 268 g/mol. The van der Waals surface area contributed by atoms with E-state index < -0.39 is 0 Å². The van der Waals surface area contributed by atoms with Crippen molar-refractivity contribution in [1.29, 1.82) is 0 Å². The third kappa shape index (κ3) is 1.97. The Labute approximate surface area is 119 Å². The first-order valence-electron chi connectivity index (χ1n) is 7.65. The smallest absolute Gasteiger partial charge is 0.118 e. The Morgan fingerprint density at radius 1 is 1.20 bits per heavy atom. The highest BCUT2D eigenvalue weighted by atomic mass is 16.5. The zero-order valence-electron chi connectivity index (χ0n) is 11.7. The van der Waals surface area contributed by atoms with Gasteiger partial charge in [-0.25, -0.2) is 4.98 Å². The zero-order chi connectivity index (χ0) is 13.4. The van der Waals surface area contributed by atoms with Crippen LogP contribution in [0, 0.1) is 0 Å². The van der Waals surface area contributed by atoms with E-state index in [-0.39, 0.29) is 0 Å². The van der Waals surface area contributed by atoms with Gasteiger partial charge in [-0.15, -0.1) is 0 Å². The first-order chi connectivity index (χ1) is 9.93. The van der Waals surface area contributed by atoms with E-state index in [2.05, 4.69) is 33.9 Å². The molecule has 0 N–H and O–H groups in total. The number of hydrogen-bond acceptors (Lipinski definition) is 2. The quantitative estimate of drug-likeness (QED) is 0.836. The molecule has 1 aromatic carbocycles. The van der Waals surface area contributed by atoms with Gasteiger partial charge < -0.3 is 9.30 Å². The predicted molar refractivity (Wildman–Crippen MR) is 78.4 cm³/mol. The van der Waals surface area contributed by atoms with E-state index in [0.29, 0.717) is 5.92 Å². The molecule has 1 atom stereocenters. The fourth-order valence-electron chi connectivity index (χ4n) is 3.55. The van der Waals surface area contributed by atoms with Gasteiger partial charge in [-0.2, -0.15) is 0 Å². The Balaban J connectivity index is 1.80. The number of ether oxygens (including phenoxy) is 1. The summed E-state index contributed by atoms with van der Waals surface area (Å²) < 4.78 is 7.83. The monoisotopic (exact) mass is 268 g/mol. The van der Waals surface area contributed by atoms with Crippen LogP contribution in [0.3, 0.4) is 0 Å². The number of aryl methyl sites for hydroxylation is 1. The van der Waals surface area contributed by atoms with Crippen LogP contribution in [0.4, 0.5) is 0 Å². The lowest BCUT2D eigenvalue weighted by atomic mass is 9.90. The van der Waals surface area contributed by atoms with Crippen molar-refractivity contribution in [3.8, 4) is 5.69 Å². The van der Waals surface area contributed by atoms with Gasteiger partial charge in [0.05, 0.1) is 12.3 Å². The fraction of sp³-hybridized carbons (Fsp3) is 0.471. The highest BCUT2D eigenvalue weighted by molar-refractivity contribution is 5.48. The minimum atomic E-state index is 0.449. The van der Waals surface area contributed by atoms with Crippen molar-refractivity contribution in [3.63, 3.8) is 0 Å². The first-order valence-corrected chi connectivity index (χ1v) is 7.65. The molecular formula is C17H20N2O. The highest BCUT2D eigenvalue weighted by Crippen LogP contribution is 2.31. The van der Waals surface area contributed by atoms with Crippen LogP contribution in [0.1, 0.15) is 42.1 Å². The molecule has 0 bridgehead atoms. The van der Waals surface area contributed by atoms with E-state index in [1.165, 1.54) is 48.3 Å². The summed E-state index contributed by atoms with van der Waals surface area (Å²) in [6.45, 7) is 1.68. The van der Waals surface area contributed by atoms with Gasteiger partial charge in [0.1, 0.15) is 5.82 Å². The van der Waals surface area contributed by atoms with Crippen molar-refractivity contribution >= 4 is 0 Å².